The van der Waals surface area contributed by atoms with E-state index in [4.69, 9.17) is 5.84 Å². The van der Waals surface area contributed by atoms with Crippen molar-refractivity contribution in [3.63, 3.8) is 0 Å². The van der Waals surface area contributed by atoms with Gasteiger partial charge >= 0.3 is 0 Å². The summed E-state index contributed by atoms with van der Waals surface area (Å²) in [7, 11) is 3.71. The van der Waals surface area contributed by atoms with E-state index in [1.807, 2.05) is 33.3 Å². The molecule has 2 aromatic heterocycles. The predicted molar refractivity (Wildman–Crippen MR) is 78.3 cm³/mol. The number of hydrazine groups is 1. The molecule has 8 heteroatoms. The van der Waals surface area contributed by atoms with Crippen molar-refractivity contribution in [2.24, 2.45) is 5.84 Å². The molecule has 0 unspecified atom stereocenters. The topological polar surface area (TPSA) is 105 Å². The molecule has 0 spiro atoms. The number of hydrogen-bond donors (Lipinski definition) is 3. The summed E-state index contributed by atoms with van der Waals surface area (Å²) >= 11 is 0. The summed E-state index contributed by atoms with van der Waals surface area (Å²) in [6.45, 7) is 2.62. The van der Waals surface area contributed by atoms with Crippen LogP contribution in [0.5, 0.6) is 0 Å². The zero-order valence-corrected chi connectivity index (χ0v) is 11.8. The molecule has 0 aliphatic rings. The van der Waals surface area contributed by atoms with Crippen LogP contribution >= 0.6 is 0 Å². The van der Waals surface area contributed by atoms with Crippen molar-refractivity contribution < 1.29 is 0 Å². The molecule has 0 aromatic carbocycles. The highest BCUT2D eigenvalue weighted by molar-refractivity contribution is 5.43. The Kier molecular flexibility index (Phi) is 4.26. The first-order valence-corrected chi connectivity index (χ1v) is 6.13. The van der Waals surface area contributed by atoms with Crippen LogP contribution in [-0.4, -0.2) is 34.0 Å². The Balaban J connectivity index is 2.17. The van der Waals surface area contributed by atoms with E-state index < -0.39 is 0 Å². The highest BCUT2D eigenvalue weighted by atomic mass is 15.4. The minimum atomic E-state index is 0.317. The second-order valence-electron chi connectivity index (χ2n) is 4.48. The standard InChI is InChI=1S/C12H18N8/c1-8-6-14-5-4-9(8)7-15-10-16-11(19-13)18-12(17-10)20(2)3/h4-6H,7,13H2,1-3H3,(H2,15,16,17,18,19). The maximum absolute atomic E-state index is 5.36. The van der Waals surface area contributed by atoms with Gasteiger partial charge in [-0.15, -0.1) is 0 Å². The van der Waals surface area contributed by atoms with E-state index in [9.17, 15) is 0 Å². The Labute approximate surface area is 117 Å². The molecule has 106 valence electrons. The molecular formula is C12H18N8. The first kappa shape index (κ1) is 13.9. The third-order valence-corrected chi connectivity index (χ3v) is 2.73. The number of aromatic nitrogens is 4. The summed E-state index contributed by atoms with van der Waals surface area (Å²) in [5, 5.41) is 3.16. The SMILES string of the molecule is Cc1cnccc1CNc1nc(NN)nc(N(C)C)n1. The van der Waals surface area contributed by atoms with Crippen LogP contribution in [0.3, 0.4) is 0 Å². The van der Waals surface area contributed by atoms with Crippen LogP contribution in [0.2, 0.25) is 0 Å². The minimum absolute atomic E-state index is 0.317. The van der Waals surface area contributed by atoms with Crippen LogP contribution < -0.4 is 21.5 Å². The van der Waals surface area contributed by atoms with Crippen molar-refractivity contribution in [3.8, 4) is 0 Å². The predicted octanol–water partition coefficient (Wildman–Crippen LogP) is 0.539. The van der Waals surface area contributed by atoms with Crippen LogP contribution in [0.25, 0.3) is 0 Å². The molecule has 2 rings (SSSR count). The smallest absolute Gasteiger partial charge is 0.243 e. The minimum Gasteiger partial charge on any atom is -0.350 e. The van der Waals surface area contributed by atoms with Crippen molar-refractivity contribution >= 4 is 17.8 Å². The monoisotopic (exact) mass is 274 g/mol. The van der Waals surface area contributed by atoms with Crippen LogP contribution in [0.1, 0.15) is 11.1 Å². The largest absolute Gasteiger partial charge is 0.350 e. The molecule has 2 heterocycles. The van der Waals surface area contributed by atoms with Gasteiger partial charge in [-0.05, 0) is 24.1 Å². The molecule has 2 aromatic rings. The average molecular weight is 274 g/mol. The van der Waals surface area contributed by atoms with Crippen molar-refractivity contribution in [1.29, 1.82) is 0 Å². The van der Waals surface area contributed by atoms with Crippen molar-refractivity contribution in [2.75, 3.05) is 29.7 Å². The molecule has 0 aliphatic carbocycles. The molecular weight excluding hydrogens is 256 g/mol. The van der Waals surface area contributed by atoms with Gasteiger partial charge in [0.1, 0.15) is 0 Å². The third-order valence-electron chi connectivity index (χ3n) is 2.73. The lowest BCUT2D eigenvalue weighted by Crippen LogP contribution is -2.19. The molecule has 20 heavy (non-hydrogen) atoms. The number of nitrogens with two attached hydrogens (primary N) is 1. The van der Waals surface area contributed by atoms with E-state index in [1.54, 1.807) is 11.1 Å². The van der Waals surface area contributed by atoms with E-state index in [0.717, 1.165) is 11.1 Å². The zero-order chi connectivity index (χ0) is 14.5. The van der Waals surface area contributed by atoms with Gasteiger partial charge in [0.05, 0.1) is 0 Å². The van der Waals surface area contributed by atoms with Gasteiger partial charge in [-0.3, -0.25) is 10.4 Å². The summed E-state index contributed by atoms with van der Waals surface area (Å²) in [5.41, 5.74) is 4.68. The molecule has 0 amide bonds. The number of pyridine rings is 1. The summed E-state index contributed by atoms with van der Waals surface area (Å²) in [6.07, 6.45) is 3.58. The lowest BCUT2D eigenvalue weighted by molar-refractivity contribution is 0.937. The van der Waals surface area contributed by atoms with E-state index in [1.165, 1.54) is 0 Å². The van der Waals surface area contributed by atoms with Gasteiger partial charge < -0.3 is 10.2 Å². The van der Waals surface area contributed by atoms with Gasteiger partial charge in [0.2, 0.25) is 17.8 Å². The summed E-state index contributed by atoms with van der Waals surface area (Å²) in [5.74, 6) is 6.67. The summed E-state index contributed by atoms with van der Waals surface area (Å²) in [4.78, 5) is 18.5. The maximum atomic E-state index is 5.36. The highest BCUT2D eigenvalue weighted by Gasteiger charge is 2.07. The number of nitrogen functional groups attached to an aromatic ring is 1. The number of nitrogens with zero attached hydrogens (tertiary/aromatic N) is 5. The van der Waals surface area contributed by atoms with Gasteiger partial charge in [-0.25, -0.2) is 5.84 Å². The van der Waals surface area contributed by atoms with E-state index in [2.05, 4.69) is 30.7 Å². The molecule has 0 radical (unpaired) electrons. The fraction of sp³-hybridized carbons (Fsp3) is 0.333. The average Bonchev–Trinajstić information content (AvgIpc) is 2.46. The molecule has 4 N–H and O–H groups in total. The van der Waals surface area contributed by atoms with Gasteiger partial charge in [-0.1, -0.05) is 0 Å². The zero-order valence-electron chi connectivity index (χ0n) is 11.8. The van der Waals surface area contributed by atoms with Crippen molar-refractivity contribution in [1.82, 2.24) is 19.9 Å². The highest BCUT2D eigenvalue weighted by Crippen LogP contribution is 2.12. The maximum Gasteiger partial charge on any atom is 0.243 e. The van der Waals surface area contributed by atoms with E-state index in [-0.39, 0.29) is 0 Å². The number of hydrogen-bond acceptors (Lipinski definition) is 8. The molecule has 0 saturated carbocycles. The first-order valence-electron chi connectivity index (χ1n) is 6.13. The molecule has 0 fully saturated rings. The quantitative estimate of drug-likeness (QED) is 0.536. The molecule has 0 aliphatic heterocycles. The number of nitrogens with one attached hydrogen (secondary N) is 2. The molecule has 0 bridgehead atoms. The van der Waals surface area contributed by atoms with Crippen LogP contribution in [0, 0.1) is 6.92 Å². The Hall–Kier alpha value is -2.48. The summed E-state index contributed by atoms with van der Waals surface area (Å²) in [6, 6.07) is 1.96. The van der Waals surface area contributed by atoms with Crippen molar-refractivity contribution in [3.05, 3.63) is 29.6 Å². The molecule has 0 saturated heterocycles. The number of rotatable bonds is 5. The third kappa shape index (κ3) is 3.29. The second-order valence-corrected chi connectivity index (χ2v) is 4.48. The van der Waals surface area contributed by atoms with Crippen molar-refractivity contribution in [2.45, 2.75) is 13.5 Å². The van der Waals surface area contributed by atoms with Gasteiger partial charge in [0, 0.05) is 33.0 Å². The van der Waals surface area contributed by atoms with Gasteiger partial charge in [0.15, 0.2) is 0 Å². The second kappa shape index (κ2) is 6.11. The normalized spacial score (nSPS) is 10.2. The Bertz CT molecular complexity index is 583. The summed E-state index contributed by atoms with van der Waals surface area (Å²) < 4.78 is 0. The van der Waals surface area contributed by atoms with Crippen LogP contribution in [-0.2, 0) is 6.54 Å². The Morgan fingerprint density at radius 3 is 2.60 bits per heavy atom. The fourth-order valence-corrected chi connectivity index (χ4v) is 1.58. The van der Waals surface area contributed by atoms with Gasteiger partial charge in [0.25, 0.3) is 0 Å². The first-order chi connectivity index (χ1) is 9.60. The number of aryl methyl sites for hydroxylation is 1. The van der Waals surface area contributed by atoms with Crippen LogP contribution in [0.4, 0.5) is 17.8 Å². The fourth-order valence-electron chi connectivity index (χ4n) is 1.58. The van der Waals surface area contributed by atoms with Crippen LogP contribution in [0.15, 0.2) is 18.5 Å². The lowest BCUT2D eigenvalue weighted by Gasteiger charge is -2.13. The molecule has 8 nitrogen and oxygen atoms in total. The molecule has 0 atom stereocenters. The Morgan fingerprint density at radius 1 is 1.20 bits per heavy atom. The van der Waals surface area contributed by atoms with Gasteiger partial charge in [-0.2, -0.15) is 15.0 Å². The lowest BCUT2D eigenvalue weighted by atomic mass is 10.1. The van der Waals surface area contributed by atoms with E-state index >= 15 is 0 Å². The Morgan fingerprint density at radius 2 is 1.95 bits per heavy atom. The number of anilines is 3. The van der Waals surface area contributed by atoms with E-state index in [0.29, 0.717) is 24.4 Å².